The van der Waals surface area contributed by atoms with Gasteiger partial charge < -0.3 is 9.80 Å². The van der Waals surface area contributed by atoms with E-state index in [0.717, 1.165) is 49.7 Å². The van der Waals surface area contributed by atoms with Crippen molar-refractivity contribution in [3.05, 3.63) is 71.3 Å². The van der Waals surface area contributed by atoms with Gasteiger partial charge >= 0.3 is 6.03 Å². The summed E-state index contributed by atoms with van der Waals surface area (Å²) in [5, 5.41) is 6.05. The number of amides is 2. The third kappa shape index (κ3) is 4.53. The minimum absolute atomic E-state index is 0.00233. The van der Waals surface area contributed by atoms with Crippen LogP contribution < -0.4 is 0 Å². The summed E-state index contributed by atoms with van der Waals surface area (Å²) in [6.07, 6.45) is 2.13. The largest absolute Gasteiger partial charge is 0.341 e. The van der Waals surface area contributed by atoms with E-state index >= 15 is 0 Å². The van der Waals surface area contributed by atoms with Crippen molar-refractivity contribution >= 4 is 11.7 Å². The predicted octanol–water partition coefficient (Wildman–Crippen LogP) is 5.04. The fraction of sp³-hybridized carbons (Fsp3) is 0.440. The molecule has 0 aliphatic carbocycles. The van der Waals surface area contributed by atoms with Gasteiger partial charge in [-0.15, -0.1) is 0 Å². The zero-order chi connectivity index (χ0) is 22.8. The van der Waals surface area contributed by atoms with Crippen LogP contribution in [0, 0.1) is 11.6 Å². The number of piperidine rings is 1. The van der Waals surface area contributed by atoms with Gasteiger partial charge in [0.1, 0.15) is 11.6 Å². The fourth-order valence-corrected chi connectivity index (χ4v) is 4.69. The van der Waals surface area contributed by atoms with Gasteiger partial charge in [0.2, 0.25) is 0 Å². The van der Waals surface area contributed by atoms with Gasteiger partial charge in [0.15, 0.2) is 0 Å². The highest BCUT2D eigenvalue weighted by molar-refractivity contribution is 6.03. The maximum absolute atomic E-state index is 14.5. The topological polar surface area (TPSA) is 39.2 Å². The fourth-order valence-electron chi connectivity index (χ4n) is 4.69. The third-order valence-corrected chi connectivity index (χ3v) is 6.39. The van der Waals surface area contributed by atoms with E-state index in [2.05, 4.69) is 17.0 Å². The van der Waals surface area contributed by atoms with Gasteiger partial charge in [-0.1, -0.05) is 30.3 Å². The molecule has 0 aromatic heterocycles. The Morgan fingerprint density at radius 1 is 1.09 bits per heavy atom. The van der Waals surface area contributed by atoms with Crippen LogP contribution >= 0.6 is 0 Å². The molecule has 1 unspecified atom stereocenters. The van der Waals surface area contributed by atoms with E-state index in [-0.39, 0.29) is 29.7 Å². The molecule has 2 heterocycles. The van der Waals surface area contributed by atoms with Gasteiger partial charge in [-0.3, -0.25) is 0 Å². The molecule has 2 aliphatic rings. The van der Waals surface area contributed by atoms with Crippen LogP contribution in [0.5, 0.6) is 0 Å². The molecule has 1 fully saturated rings. The number of benzene rings is 2. The Kier molecular flexibility index (Phi) is 6.55. The molecule has 2 amide bonds. The molecular weight excluding hydrogens is 410 g/mol. The monoisotopic (exact) mass is 440 g/mol. The first-order valence-electron chi connectivity index (χ1n) is 11.2. The zero-order valence-electron chi connectivity index (χ0n) is 18.8. The van der Waals surface area contributed by atoms with Gasteiger partial charge in [-0.25, -0.2) is 18.6 Å². The number of carbonyl (C=O) groups is 1. The van der Waals surface area contributed by atoms with E-state index in [0.29, 0.717) is 12.1 Å². The van der Waals surface area contributed by atoms with Gasteiger partial charge in [0, 0.05) is 24.1 Å². The minimum atomic E-state index is -0.540. The standard InChI is InChI=1S/C25H30F2N4O/c1-17(2)30(20-11-13-29(3)14-12-20)25(32)31-24(18-7-5-4-6-8-18)16-23(28-31)21-15-19(26)9-10-22(21)27/h4-10,15,17,20,24H,11-14,16H2,1-3H3. The Bertz CT molecular complexity index is 987. The lowest BCUT2D eigenvalue weighted by Crippen LogP contribution is -2.53. The lowest BCUT2D eigenvalue weighted by Gasteiger charge is -2.41. The Morgan fingerprint density at radius 3 is 2.44 bits per heavy atom. The summed E-state index contributed by atoms with van der Waals surface area (Å²) < 4.78 is 28.4. The quantitative estimate of drug-likeness (QED) is 0.668. The summed E-state index contributed by atoms with van der Waals surface area (Å²) in [7, 11) is 2.09. The summed E-state index contributed by atoms with van der Waals surface area (Å²) >= 11 is 0. The van der Waals surface area contributed by atoms with Crippen LogP contribution in [0.2, 0.25) is 0 Å². The predicted molar refractivity (Wildman–Crippen MR) is 121 cm³/mol. The second kappa shape index (κ2) is 9.36. The Labute approximate surface area is 188 Å². The molecule has 1 saturated heterocycles. The van der Waals surface area contributed by atoms with Crippen LogP contribution in [-0.4, -0.2) is 58.8 Å². The van der Waals surface area contributed by atoms with Crippen molar-refractivity contribution in [2.45, 2.75) is 51.2 Å². The zero-order valence-corrected chi connectivity index (χ0v) is 18.8. The molecule has 0 N–H and O–H groups in total. The molecule has 2 aromatic carbocycles. The normalized spacial score (nSPS) is 20.0. The van der Waals surface area contributed by atoms with Crippen molar-refractivity contribution < 1.29 is 13.6 Å². The van der Waals surface area contributed by atoms with Crippen LogP contribution in [0.4, 0.5) is 13.6 Å². The molecule has 1 atom stereocenters. The Hall–Kier alpha value is -2.80. The Balaban J connectivity index is 1.70. The molecule has 4 rings (SSSR count). The van der Waals surface area contributed by atoms with E-state index in [1.807, 2.05) is 49.1 Å². The first kappa shape index (κ1) is 22.4. The second-order valence-electron chi connectivity index (χ2n) is 8.96. The molecule has 0 radical (unpaired) electrons. The SMILES string of the molecule is CC(C)N(C(=O)N1N=C(c2cc(F)ccc2F)CC1c1ccccc1)C1CCN(C)CC1. The molecule has 2 aromatic rings. The molecule has 0 bridgehead atoms. The highest BCUT2D eigenvalue weighted by Gasteiger charge is 2.39. The summed E-state index contributed by atoms with van der Waals surface area (Å²) in [5.41, 5.74) is 1.41. The molecule has 170 valence electrons. The maximum atomic E-state index is 14.5. The molecule has 0 saturated carbocycles. The number of carbonyl (C=O) groups excluding carboxylic acids is 1. The van der Waals surface area contributed by atoms with Crippen LogP contribution in [0.3, 0.4) is 0 Å². The van der Waals surface area contributed by atoms with Gasteiger partial charge in [0.25, 0.3) is 0 Å². The highest BCUT2D eigenvalue weighted by Crippen LogP contribution is 2.35. The first-order chi connectivity index (χ1) is 15.3. The average Bonchev–Trinajstić information content (AvgIpc) is 3.22. The number of halogens is 2. The van der Waals surface area contributed by atoms with Crippen molar-refractivity contribution in [2.24, 2.45) is 5.10 Å². The van der Waals surface area contributed by atoms with Gasteiger partial charge in [-0.05, 0) is 70.6 Å². The number of rotatable bonds is 4. The molecule has 5 nitrogen and oxygen atoms in total. The van der Waals surface area contributed by atoms with Crippen LogP contribution in [0.25, 0.3) is 0 Å². The van der Waals surface area contributed by atoms with Crippen molar-refractivity contribution in [1.82, 2.24) is 14.8 Å². The third-order valence-electron chi connectivity index (χ3n) is 6.39. The highest BCUT2D eigenvalue weighted by atomic mass is 19.1. The molecule has 2 aliphatic heterocycles. The van der Waals surface area contributed by atoms with Crippen LogP contribution in [0.1, 0.15) is 50.3 Å². The van der Waals surface area contributed by atoms with E-state index < -0.39 is 11.6 Å². The van der Waals surface area contributed by atoms with Crippen LogP contribution in [0.15, 0.2) is 53.6 Å². The number of likely N-dealkylation sites (tertiary alicyclic amines) is 1. The smallest absolute Gasteiger partial charge is 0.318 e. The van der Waals surface area contributed by atoms with Crippen molar-refractivity contribution in [2.75, 3.05) is 20.1 Å². The molecule has 0 spiro atoms. The average molecular weight is 441 g/mol. The number of urea groups is 1. The van der Waals surface area contributed by atoms with Crippen molar-refractivity contribution in [1.29, 1.82) is 0 Å². The maximum Gasteiger partial charge on any atom is 0.341 e. The van der Waals surface area contributed by atoms with Crippen LogP contribution in [-0.2, 0) is 0 Å². The number of nitrogens with zero attached hydrogens (tertiary/aromatic N) is 4. The first-order valence-corrected chi connectivity index (χ1v) is 11.2. The summed E-state index contributed by atoms with van der Waals surface area (Å²) in [4.78, 5) is 18.0. The number of hydrogen-bond donors (Lipinski definition) is 0. The second-order valence-corrected chi connectivity index (χ2v) is 8.96. The van der Waals surface area contributed by atoms with E-state index in [9.17, 15) is 13.6 Å². The lowest BCUT2D eigenvalue weighted by atomic mass is 9.98. The summed E-state index contributed by atoms with van der Waals surface area (Å²) in [6.45, 7) is 5.90. The van der Waals surface area contributed by atoms with E-state index in [1.54, 1.807) is 0 Å². The summed E-state index contributed by atoms with van der Waals surface area (Å²) in [5.74, 6) is -1.07. The lowest BCUT2D eigenvalue weighted by molar-refractivity contribution is 0.0814. The minimum Gasteiger partial charge on any atom is -0.318 e. The summed E-state index contributed by atoms with van der Waals surface area (Å²) in [6, 6.07) is 12.6. The van der Waals surface area contributed by atoms with Gasteiger partial charge in [0.05, 0.1) is 11.8 Å². The van der Waals surface area contributed by atoms with Crippen molar-refractivity contribution in [3.63, 3.8) is 0 Å². The van der Waals surface area contributed by atoms with Crippen molar-refractivity contribution in [3.8, 4) is 0 Å². The molecular formula is C25H30F2N4O. The Morgan fingerprint density at radius 2 is 1.78 bits per heavy atom. The number of hydrazone groups is 1. The van der Waals surface area contributed by atoms with E-state index in [1.165, 1.54) is 5.01 Å². The molecule has 32 heavy (non-hydrogen) atoms. The molecule has 7 heteroatoms. The number of hydrogen-bond acceptors (Lipinski definition) is 3. The van der Waals surface area contributed by atoms with E-state index in [4.69, 9.17) is 0 Å². The van der Waals surface area contributed by atoms with Gasteiger partial charge in [-0.2, -0.15) is 5.10 Å².